The van der Waals surface area contributed by atoms with Crippen LogP contribution in [0.5, 0.6) is 5.75 Å². The number of halogens is 1. The topological polar surface area (TPSA) is 29.5 Å². The zero-order chi connectivity index (χ0) is 9.47. The van der Waals surface area contributed by atoms with E-state index in [1.54, 1.807) is 25.3 Å². The van der Waals surface area contributed by atoms with E-state index in [2.05, 4.69) is 0 Å². The Balaban J connectivity index is 2.47. The van der Waals surface area contributed by atoms with Crippen molar-refractivity contribution < 1.29 is 9.84 Å². The van der Waals surface area contributed by atoms with Crippen LogP contribution in [0, 0.1) is 0 Å². The molecular weight excluding hydrogens is 188 g/mol. The second-order valence-corrected chi connectivity index (χ2v) is 3.81. The lowest BCUT2D eigenvalue weighted by Gasteiger charge is -2.13. The number of hydrogen-bond donors (Lipinski definition) is 1. The number of ether oxygens (including phenoxy) is 1. The molecule has 1 aromatic rings. The lowest BCUT2D eigenvalue weighted by atomic mass is 10.1. The van der Waals surface area contributed by atoms with E-state index in [0.29, 0.717) is 10.8 Å². The molecule has 1 aliphatic rings. The standard InChI is InChI=1S/C10H11ClO2/c1-13-9-3-2-7(11)6-8(9)10(12)4-5-10/h2-3,6,12H,4-5H2,1H3. The number of hydrogen-bond acceptors (Lipinski definition) is 2. The van der Waals surface area contributed by atoms with Crippen LogP contribution in [0.15, 0.2) is 18.2 Å². The van der Waals surface area contributed by atoms with Crippen molar-refractivity contribution in [2.75, 3.05) is 7.11 Å². The Bertz CT molecular complexity index is 332. The largest absolute Gasteiger partial charge is 0.496 e. The number of methoxy groups -OCH3 is 1. The highest BCUT2D eigenvalue weighted by Gasteiger charge is 2.44. The lowest BCUT2D eigenvalue weighted by molar-refractivity contribution is 0.147. The van der Waals surface area contributed by atoms with Crippen LogP contribution in [0.1, 0.15) is 18.4 Å². The Morgan fingerprint density at radius 2 is 2.15 bits per heavy atom. The molecular formula is C10H11ClO2. The molecule has 1 N–H and O–H groups in total. The average Bonchev–Trinajstić information content (AvgIpc) is 2.85. The first-order valence-electron chi connectivity index (χ1n) is 4.22. The molecule has 0 aliphatic heterocycles. The molecule has 2 rings (SSSR count). The maximum Gasteiger partial charge on any atom is 0.125 e. The van der Waals surface area contributed by atoms with E-state index in [4.69, 9.17) is 16.3 Å². The number of benzene rings is 1. The van der Waals surface area contributed by atoms with Crippen LogP contribution >= 0.6 is 11.6 Å². The summed E-state index contributed by atoms with van der Waals surface area (Å²) < 4.78 is 5.15. The van der Waals surface area contributed by atoms with Crippen molar-refractivity contribution in [3.63, 3.8) is 0 Å². The summed E-state index contributed by atoms with van der Waals surface area (Å²) in [5, 5.41) is 10.5. The van der Waals surface area contributed by atoms with E-state index in [1.165, 1.54) is 0 Å². The highest BCUT2D eigenvalue weighted by Crippen LogP contribution is 2.49. The van der Waals surface area contributed by atoms with E-state index in [0.717, 1.165) is 18.4 Å². The first-order chi connectivity index (χ1) is 6.15. The third-order valence-electron chi connectivity index (χ3n) is 2.39. The summed E-state index contributed by atoms with van der Waals surface area (Å²) in [4.78, 5) is 0. The maximum absolute atomic E-state index is 9.90. The van der Waals surface area contributed by atoms with Crippen LogP contribution in [-0.2, 0) is 5.60 Å². The van der Waals surface area contributed by atoms with Gasteiger partial charge in [-0.3, -0.25) is 0 Å². The Morgan fingerprint density at radius 1 is 1.46 bits per heavy atom. The monoisotopic (exact) mass is 198 g/mol. The van der Waals surface area contributed by atoms with Crippen molar-refractivity contribution in [1.82, 2.24) is 0 Å². The van der Waals surface area contributed by atoms with Gasteiger partial charge >= 0.3 is 0 Å². The molecule has 70 valence electrons. The van der Waals surface area contributed by atoms with Crippen LogP contribution in [0.3, 0.4) is 0 Å². The van der Waals surface area contributed by atoms with Gasteiger partial charge in [0.1, 0.15) is 5.75 Å². The second-order valence-electron chi connectivity index (χ2n) is 3.38. The molecule has 0 spiro atoms. The van der Waals surface area contributed by atoms with Gasteiger partial charge in [0.05, 0.1) is 12.7 Å². The van der Waals surface area contributed by atoms with E-state index in [-0.39, 0.29) is 0 Å². The fourth-order valence-electron chi connectivity index (χ4n) is 1.43. The van der Waals surface area contributed by atoms with Crippen molar-refractivity contribution in [2.45, 2.75) is 18.4 Å². The molecule has 0 aromatic heterocycles. The molecule has 1 saturated carbocycles. The molecule has 1 aromatic carbocycles. The minimum atomic E-state index is -0.684. The summed E-state index contributed by atoms with van der Waals surface area (Å²) >= 11 is 5.84. The average molecular weight is 199 g/mol. The normalized spacial score (nSPS) is 18.4. The summed E-state index contributed by atoms with van der Waals surface area (Å²) in [6, 6.07) is 5.32. The van der Waals surface area contributed by atoms with Gasteiger partial charge in [0.15, 0.2) is 0 Å². The van der Waals surface area contributed by atoms with Gasteiger partial charge < -0.3 is 9.84 Å². The molecule has 0 heterocycles. The predicted octanol–water partition coefficient (Wildman–Crippen LogP) is 2.33. The first-order valence-corrected chi connectivity index (χ1v) is 4.60. The van der Waals surface area contributed by atoms with E-state index >= 15 is 0 Å². The van der Waals surface area contributed by atoms with Gasteiger partial charge in [-0.25, -0.2) is 0 Å². The highest BCUT2D eigenvalue weighted by molar-refractivity contribution is 6.30. The summed E-state index contributed by atoms with van der Waals surface area (Å²) in [6.45, 7) is 0. The molecule has 0 saturated heterocycles. The van der Waals surface area contributed by atoms with E-state index < -0.39 is 5.60 Å². The van der Waals surface area contributed by atoms with Crippen LogP contribution in [0.2, 0.25) is 5.02 Å². The molecule has 13 heavy (non-hydrogen) atoms. The number of rotatable bonds is 2. The smallest absolute Gasteiger partial charge is 0.125 e. The van der Waals surface area contributed by atoms with Gasteiger partial charge in [-0.15, -0.1) is 0 Å². The van der Waals surface area contributed by atoms with Crippen LogP contribution in [-0.4, -0.2) is 12.2 Å². The third-order valence-corrected chi connectivity index (χ3v) is 2.62. The zero-order valence-corrected chi connectivity index (χ0v) is 8.14. The van der Waals surface area contributed by atoms with Crippen molar-refractivity contribution in [3.05, 3.63) is 28.8 Å². The van der Waals surface area contributed by atoms with Gasteiger partial charge in [-0.2, -0.15) is 0 Å². The molecule has 2 nitrogen and oxygen atoms in total. The van der Waals surface area contributed by atoms with Gasteiger partial charge in [-0.1, -0.05) is 11.6 Å². The van der Waals surface area contributed by atoms with Gasteiger partial charge in [0.2, 0.25) is 0 Å². The summed E-state index contributed by atoms with van der Waals surface area (Å²) in [7, 11) is 1.60. The van der Waals surface area contributed by atoms with Crippen molar-refractivity contribution in [3.8, 4) is 5.75 Å². The lowest BCUT2D eigenvalue weighted by Crippen LogP contribution is -2.06. The Kier molecular flexibility index (Phi) is 1.97. The molecule has 0 unspecified atom stereocenters. The minimum Gasteiger partial charge on any atom is -0.496 e. The molecule has 1 aliphatic carbocycles. The highest BCUT2D eigenvalue weighted by atomic mass is 35.5. The molecule has 0 bridgehead atoms. The third kappa shape index (κ3) is 1.52. The summed E-state index contributed by atoms with van der Waals surface area (Å²) in [5.74, 6) is 0.712. The predicted molar refractivity (Wildman–Crippen MR) is 51.1 cm³/mol. The molecule has 0 radical (unpaired) electrons. The molecule has 1 fully saturated rings. The van der Waals surface area contributed by atoms with Gasteiger partial charge in [-0.05, 0) is 31.0 Å². The maximum atomic E-state index is 9.90. The van der Waals surface area contributed by atoms with Gasteiger partial charge in [0, 0.05) is 10.6 Å². The Morgan fingerprint density at radius 3 is 2.69 bits per heavy atom. The number of aliphatic hydroxyl groups is 1. The van der Waals surface area contributed by atoms with E-state index in [1.807, 2.05) is 0 Å². The molecule has 0 amide bonds. The molecule has 3 heteroatoms. The van der Waals surface area contributed by atoms with Crippen molar-refractivity contribution in [2.24, 2.45) is 0 Å². The van der Waals surface area contributed by atoms with Crippen LogP contribution in [0.25, 0.3) is 0 Å². The fourth-order valence-corrected chi connectivity index (χ4v) is 1.60. The summed E-state index contributed by atoms with van der Waals surface area (Å²) in [6.07, 6.45) is 1.59. The van der Waals surface area contributed by atoms with Crippen molar-refractivity contribution in [1.29, 1.82) is 0 Å². The fraction of sp³-hybridized carbons (Fsp3) is 0.400. The first kappa shape index (κ1) is 8.85. The van der Waals surface area contributed by atoms with Crippen LogP contribution in [0.4, 0.5) is 0 Å². The van der Waals surface area contributed by atoms with Crippen molar-refractivity contribution >= 4 is 11.6 Å². The summed E-state index contributed by atoms with van der Waals surface area (Å²) in [5.41, 5.74) is 0.124. The minimum absolute atomic E-state index is 0.635. The Labute approximate surface area is 82.1 Å². The quantitative estimate of drug-likeness (QED) is 0.791. The van der Waals surface area contributed by atoms with E-state index in [9.17, 15) is 5.11 Å². The Hall–Kier alpha value is -0.730. The van der Waals surface area contributed by atoms with Gasteiger partial charge in [0.25, 0.3) is 0 Å². The SMILES string of the molecule is COc1ccc(Cl)cc1C1(O)CC1. The zero-order valence-electron chi connectivity index (χ0n) is 7.38. The molecule has 0 atom stereocenters. The second kappa shape index (κ2) is 2.89. The van der Waals surface area contributed by atoms with Crippen LogP contribution < -0.4 is 4.74 Å².